The van der Waals surface area contributed by atoms with Crippen LogP contribution in [0.3, 0.4) is 0 Å². The van der Waals surface area contributed by atoms with Crippen LogP contribution in [0.2, 0.25) is 5.02 Å². The Bertz CT molecular complexity index is 1470. The second-order valence-corrected chi connectivity index (χ2v) is 9.74. The van der Waals surface area contributed by atoms with Gasteiger partial charge in [-0.3, -0.25) is 9.10 Å². The van der Waals surface area contributed by atoms with Crippen molar-refractivity contribution in [3.05, 3.63) is 83.6 Å². The third-order valence-corrected chi connectivity index (χ3v) is 7.20. The summed E-state index contributed by atoms with van der Waals surface area (Å²) in [5.41, 5.74) is 4.12. The summed E-state index contributed by atoms with van der Waals surface area (Å²) in [5.74, 6) is -0.771. The molecule has 1 saturated heterocycles. The van der Waals surface area contributed by atoms with Crippen molar-refractivity contribution < 1.29 is 17.9 Å². The average molecular weight is 483 g/mol. The Balaban J connectivity index is 1.39. The van der Waals surface area contributed by atoms with E-state index in [4.69, 9.17) is 16.3 Å². The van der Waals surface area contributed by atoms with E-state index in [9.17, 15) is 13.2 Å². The number of amides is 1. The molecule has 0 atom stereocenters. The molecular weight excluding hydrogens is 464 g/mol. The monoisotopic (exact) mass is 482 g/mol. The molecule has 2 aromatic carbocycles. The first-order valence-electron chi connectivity index (χ1n) is 10.1. The maximum atomic E-state index is 12.9. The van der Waals surface area contributed by atoms with Crippen molar-refractivity contribution in [1.29, 1.82) is 0 Å². The Kier molecular flexibility index (Phi) is 5.53. The molecule has 33 heavy (non-hydrogen) atoms. The summed E-state index contributed by atoms with van der Waals surface area (Å²) in [6.45, 7) is 0.489. The van der Waals surface area contributed by atoms with E-state index >= 15 is 0 Å². The molecule has 0 aliphatic carbocycles. The lowest BCUT2D eigenvalue weighted by Crippen LogP contribution is -2.41. The molecule has 0 saturated carbocycles. The lowest BCUT2D eigenvalue weighted by molar-refractivity contribution is 0.102. The fourth-order valence-corrected chi connectivity index (χ4v) is 5.31. The zero-order chi connectivity index (χ0) is 23.0. The summed E-state index contributed by atoms with van der Waals surface area (Å²) in [7, 11) is -3.57. The molecule has 3 heterocycles. The van der Waals surface area contributed by atoms with Crippen molar-refractivity contribution in [3.63, 3.8) is 0 Å². The van der Waals surface area contributed by atoms with E-state index in [-0.39, 0.29) is 23.1 Å². The molecule has 1 fully saturated rings. The van der Waals surface area contributed by atoms with Crippen molar-refractivity contribution in [2.24, 2.45) is 0 Å². The number of nitrogens with zero attached hydrogens (tertiary/aromatic N) is 3. The molecule has 168 valence electrons. The van der Waals surface area contributed by atoms with Gasteiger partial charge in [-0.25, -0.2) is 12.9 Å². The van der Waals surface area contributed by atoms with Crippen LogP contribution in [0.1, 0.15) is 10.4 Å². The lowest BCUT2D eigenvalue weighted by Gasteiger charge is -2.28. The van der Waals surface area contributed by atoms with Crippen LogP contribution < -0.4 is 9.62 Å². The number of hydrogen-bond acceptors (Lipinski definition) is 5. The number of fused-ring (bicyclic) bond motifs is 1. The fraction of sp³-hybridized carbons (Fsp3) is 0.130. The van der Waals surface area contributed by atoms with Crippen LogP contribution >= 0.6 is 11.6 Å². The van der Waals surface area contributed by atoms with Crippen molar-refractivity contribution >= 4 is 44.4 Å². The summed E-state index contributed by atoms with van der Waals surface area (Å²) in [6.07, 6.45) is 3.60. The minimum atomic E-state index is -3.57. The molecule has 1 aliphatic rings. The van der Waals surface area contributed by atoms with Gasteiger partial charge in [0.1, 0.15) is 0 Å². The van der Waals surface area contributed by atoms with E-state index in [1.54, 1.807) is 22.8 Å². The number of sulfonamides is 1. The van der Waals surface area contributed by atoms with E-state index < -0.39 is 15.9 Å². The molecule has 10 heteroatoms. The van der Waals surface area contributed by atoms with Gasteiger partial charge < -0.3 is 10.1 Å². The van der Waals surface area contributed by atoms with Gasteiger partial charge in [-0.2, -0.15) is 5.10 Å². The van der Waals surface area contributed by atoms with E-state index in [0.29, 0.717) is 18.0 Å². The molecular formula is C23H19ClN4O4S. The molecule has 1 aliphatic heterocycles. The van der Waals surface area contributed by atoms with Crippen molar-refractivity contribution in [3.8, 4) is 11.1 Å². The maximum Gasteiger partial charge on any atom is 0.259 e. The zero-order valence-corrected chi connectivity index (χ0v) is 18.9. The second-order valence-electron chi connectivity index (χ2n) is 7.49. The first kappa shape index (κ1) is 21.4. The van der Waals surface area contributed by atoms with E-state index in [1.807, 2.05) is 42.6 Å². The predicted octanol–water partition coefficient (Wildman–Crippen LogP) is 4.03. The molecule has 2 aromatic heterocycles. The van der Waals surface area contributed by atoms with Crippen LogP contribution in [0.5, 0.6) is 0 Å². The van der Waals surface area contributed by atoms with Gasteiger partial charge in [0.05, 0.1) is 34.9 Å². The Morgan fingerprint density at radius 1 is 1.09 bits per heavy atom. The highest BCUT2D eigenvalue weighted by molar-refractivity contribution is 7.92. The van der Waals surface area contributed by atoms with Gasteiger partial charge in [-0.05, 0) is 54.1 Å². The van der Waals surface area contributed by atoms with Crippen LogP contribution in [-0.2, 0) is 14.8 Å². The van der Waals surface area contributed by atoms with E-state index in [2.05, 4.69) is 10.4 Å². The molecule has 1 N–H and O–H groups in total. The van der Waals surface area contributed by atoms with Gasteiger partial charge in [0, 0.05) is 23.6 Å². The Labute approximate surface area is 195 Å². The number of nitrogens with one attached hydrogen (secondary N) is 1. The van der Waals surface area contributed by atoms with Crippen molar-refractivity contribution in [2.75, 3.05) is 28.7 Å². The normalized spacial score (nSPS) is 15.5. The fourth-order valence-electron chi connectivity index (χ4n) is 3.81. The average Bonchev–Trinajstić information content (AvgIpc) is 3.28. The SMILES string of the molecule is O=C(Nc1cccc(-c2ccnn3cccc23)c1)c1ccc(N2CCOCS2(=O)=O)cc1Cl. The first-order chi connectivity index (χ1) is 15.9. The van der Waals surface area contributed by atoms with Crippen molar-refractivity contribution in [2.45, 2.75) is 0 Å². The van der Waals surface area contributed by atoms with Crippen LogP contribution in [0, 0.1) is 0 Å². The van der Waals surface area contributed by atoms with Gasteiger partial charge in [0.2, 0.25) is 0 Å². The highest BCUT2D eigenvalue weighted by atomic mass is 35.5. The summed E-state index contributed by atoms with van der Waals surface area (Å²) in [5, 5.41) is 7.31. The number of ether oxygens (including phenoxy) is 1. The van der Waals surface area contributed by atoms with Crippen LogP contribution in [0.25, 0.3) is 16.6 Å². The number of anilines is 2. The van der Waals surface area contributed by atoms with Crippen LogP contribution in [0.4, 0.5) is 11.4 Å². The maximum absolute atomic E-state index is 12.9. The van der Waals surface area contributed by atoms with Gasteiger partial charge in [-0.15, -0.1) is 0 Å². The van der Waals surface area contributed by atoms with Gasteiger partial charge in [0.15, 0.2) is 5.94 Å². The number of carbonyl (C=O) groups is 1. The Morgan fingerprint density at radius 3 is 2.79 bits per heavy atom. The zero-order valence-electron chi connectivity index (χ0n) is 17.3. The molecule has 0 bridgehead atoms. The largest absolute Gasteiger partial charge is 0.362 e. The summed E-state index contributed by atoms with van der Waals surface area (Å²) < 4.78 is 32.5. The predicted molar refractivity (Wildman–Crippen MR) is 127 cm³/mol. The standard InChI is InChI=1S/C23H19ClN4O4S/c24-21-14-18(28-11-12-32-15-33(28,30)31)6-7-20(21)23(29)26-17-4-1-3-16(13-17)19-8-9-25-27-10-2-5-22(19)27/h1-10,13-14H,11-12,15H2,(H,26,29). The second kappa shape index (κ2) is 8.51. The molecule has 1 amide bonds. The number of halogens is 1. The lowest BCUT2D eigenvalue weighted by atomic mass is 10.1. The van der Waals surface area contributed by atoms with E-state index in [1.165, 1.54) is 16.4 Å². The molecule has 0 unspecified atom stereocenters. The number of hydrogen-bond donors (Lipinski definition) is 1. The minimum Gasteiger partial charge on any atom is -0.362 e. The Morgan fingerprint density at radius 2 is 1.97 bits per heavy atom. The van der Waals surface area contributed by atoms with Gasteiger partial charge in [0.25, 0.3) is 15.9 Å². The molecule has 8 nitrogen and oxygen atoms in total. The first-order valence-corrected chi connectivity index (χ1v) is 12.1. The molecule has 4 aromatic rings. The van der Waals surface area contributed by atoms with Crippen molar-refractivity contribution in [1.82, 2.24) is 9.61 Å². The number of benzene rings is 2. The topological polar surface area (TPSA) is 93.0 Å². The van der Waals surface area contributed by atoms with E-state index in [0.717, 1.165) is 16.6 Å². The minimum absolute atomic E-state index is 0.159. The summed E-state index contributed by atoms with van der Waals surface area (Å²) >= 11 is 6.36. The molecule has 0 radical (unpaired) electrons. The highest BCUT2D eigenvalue weighted by Gasteiger charge is 2.27. The molecule has 0 spiro atoms. The van der Waals surface area contributed by atoms with Gasteiger partial charge in [-0.1, -0.05) is 23.7 Å². The molecule has 5 rings (SSSR count). The van der Waals surface area contributed by atoms with Crippen LogP contribution in [0.15, 0.2) is 73.1 Å². The summed E-state index contributed by atoms with van der Waals surface area (Å²) in [4.78, 5) is 12.9. The van der Waals surface area contributed by atoms with Gasteiger partial charge >= 0.3 is 0 Å². The van der Waals surface area contributed by atoms with Crippen LogP contribution in [-0.4, -0.2) is 43.0 Å². The quantitative estimate of drug-likeness (QED) is 0.474. The third-order valence-electron chi connectivity index (χ3n) is 5.36. The highest BCUT2D eigenvalue weighted by Crippen LogP contribution is 2.29. The third kappa shape index (κ3) is 4.18. The number of aromatic nitrogens is 2. The smallest absolute Gasteiger partial charge is 0.259 e. The Hall–Kier alpha value is -3.40. The summed E-state index contributed by atoms with van der Waals surface area (Å²) in [6, 6.07) is 17.9. The number of rotatable bonds is 4. The number of carbonyl (C=O) groups excluding carboxylic acids is 1.